The van der Waals surface area contributed by atoms with Crippen molar-refractivity contribution < 1.29 is 14.2 Å². The highest BCUT2D eigenvalue weighted by atomic mass is 16.6. The van der Waals surface area contributed by atoms with E-state index in [1.807, 2.05) is 12.1 Å². The van der Waals surface area contributed by atoms with Crippen LogP contribution in [0.4, 0.5) is 0 Å². The smallest absolute Gasteiger partial charge is 0.126 e. The second kappa shape index (κ2) is 5.72. The highest BCUT2D eigenvalue weighted by Crippen LogP contribution is 2.28. The van der Waals surface area contributed by atoms with Gasteiger partial charge in [-0.1, -0.05) is 18.2 Å². The lowest BCUT2D eigenvalue weighted by Gasteiger charge is -2.36. The Hall–Kier alpha value is -1.10. The molecule has 0 spiro atoms. The maximum absolute atomic E-state index is 5.97. The van der Waals surface area contributed by atoms with Crippen molar-refractivity contribution in [1.82, 2.24) is 5.32 Å². The third kappa shape index (κ3) is 3.32. The van der Waals surface area contributed by atoms with Crippen LogP contribution in [-0.2, 0) is 15.9 Å². The van der Waals surface area contributed by atoms with Crippen LogP contribution in [0.25, 0.3) is 0 Å². The van der Waals surface area contributed by atoms with Gasteiger partial charge in [0.2, 0.25) is 0 Å². The highest BCUT2D eigenvalue weighted by Gasteiger charge is 2.29. The molecule has 2 unspecified atom stereocenters. The second-order valence-corrected chi connectivity index (χ2v) is 6.22. The van der Waals surface area contributed by atoms with E-state index in [0.29, 0.717) is 13.2 Å². The van der Waals surface area contributed by atoms with Crippen molar-refractivity contribution in [2.24, 2.45) is 0 Å². The summed E-state index contributed by atoms with van der Waals surface area (Å²) in [5.41, 5.74) is 1.17. The highest BCUT2D eigenvalue weighted by molar-refractivity contribution is 5.37. The van der Waals surface area contributed by atoms with Crippen molar-refractivity contribution in [3.8, 4) is 5.75 Å². The zero-order chi connectivity index (χ0) is 14.0. The minimum Gasteiger partial charge on any atom is -0.487 e. The summed E-state index contributed by atoms with van der Waals surface area (Å²) in [5.74, 6) is 0.998. The van der Waals surface area contributed by atoms with E-state index in [9.17, 15) is 0 Å². The molecular weight excluding hydrogens is 254 g/mol. The van der Waals surface area contributed by atoms with Gasteiger partial charge in [-0.25, -0.2) is 0 Å². The summed E-state index contributed by atoms with van der Waals surface area (Å²) >= 11 is 0. The molecule has 0 saturated carbocycles. The fourth-order valence-corrected chi connectivity index (χ4v) is 2.84. The lowest BCUT2D eigenvalue weighted by atomic mass is 10.1. The third-order valence-electron chi connectivity index (χ3n) is 3.73. The molecule has 0 radical (unpaired) electrons. The molecule has 2 heterocycles. The van der Waals surface area contributed by atoms with Gasteiger partial charge >= 0.3 is 0 Å². The summed E-state index contributed by atoms with van der Waals surface area (Å²) in [6.07, 6.45) is 1.20. The molecular formula is C16H23NO3. The number of ether oxygens (including phenoxy) is 3. The van der Waals surface area contributed by atoms with Crippen LogP contribution in [0.2, 0.25) is 0 Å². The summed E-state index contributed by atoms with van der Waals surface area (Å²) in [6, 6.07) is 8.19. The maximum atomic E-state index is 5.97. The van der Waals surface area contributed by atoms with Gasteiger partial charge in [-0.3, -0.25) is 0 Å². The summed E-state index contributed by atoms with van der Waals surface area (Å²) in [5, 5.41) is 3.38. The Balaban J connectivity index is 1.41. The summed E-state index contributed by atoms with van der Waals surface area (Å²) in [6.45, 7) is 7.19. The molecule has 1 aromatic carbocycles. The van der Waals surface area contributed by atoms with Gasteiger partial charge in [0.25, 0.3) is 0 Å². The number of hydrogen-bond donors (Lipinski definition) is 1. The first-order valence-electron chi connectivity index (χ1n) is 7.33. The van der Waals surface area contributed by atoms with E-state index in [2.05, 4.69) is 31.3 Å². The van der Waals surface area contributed by atoms with Crippen LogP contribution in [0.1, 0.15) is 19.4 Å². The topological polar surface area (TPSA) is 39.7 Å². The van der Waals surface area contributed by atoms with Gasteiger partial charge in [-0.15, -0.1) is 0 Å². The second-order valence-electron chi connectivity index (χ2n) is 6.22. The molecule has 2 aliphatic rings. The molecule has 110 valence electrons. The van der Waals surface area contributed by atoms with Crippen molar-refractivity contribution in [1.29, 1.82) is 0 Å². The molecule has 1 saturated heterocycles. The Morgan fingerprint density at radius 1 is 1.25 bits per heavy atom. The third-order valence-corrected chi connectivity index (χ3v) is 3.73. The van der Waals surface area contributed by atoms with Gasteiger partial charge < -0.3 is 19.5 Å². The van der Waals surface area contributed by atoms with Crippen molar-refractivity contribution in [2.75, 3.05) is 26.3 Å². The molecule has 0 amide bonds. The first kappa shape index (κ1) is 13.9. The molecule has 4 heteroatoms. The molecule has 2 atom stereocenters. The molecule has 1 fully saturated rings. The van der Waals surface area contributed by atoms with E-state index in [-0.39, 0.29) is 17.8 Å². The largest absolute Gasteiger partial charge is 0.487 e. The van der Waals surface area contributed by atoms with Crippen LogP contribution in [0.15, 0.2) is 24.3 Å². The van der Waals surface area contributed by atoms with E-state index >= 15 is 0 Å². The Bertz CT molecular complexity index is 436. The predicted octanol–water partition coefficient (Wildman–Crippen LogP) is 1.77. The lowest BCUT2D eigenvalue weighted by Crippen LogP contribution is -2.52. The quantitative estimate of drug-likeness (QED) is 0.910. The molecule has 0 aliphatic carbocycles. The van der Waals surface area contributed by atoms with Crippen LogP contribution in [0.3, 0.4) is 0 Å². The van der Waals surface area contributed by atoms with Crippen LogP contribution in [0.5, 0.6) is 5.75 Å². The molecule has 1 aromatic rings. The van der Waals surface area contributed by atoms with Crippen molar-refractivity contribution in [3.05, 3.63) is 29.8 Å². The Morgan fingerprint density at radius 3 is 2.85 bits per heavy atom. The molecule has 4 nitrogen and oxygen atoms in total. The average Bonchev–Trinajstić information content (AvgIpc) is 2.80. The molecule has 20 heavy (non-hydrogen) atoms. The molecule has 3 rings (SSSR count). The van der Waals surface area contributed by atoms with Gasteiger partial charge in [-0.05, 0) is 25.5 Å². The first-order valence-corrected chi connectivity index (χ1v) is 7.33. The maximum Gasteiger partial charge on any atom is 0.126 e. The summed E-state index contributed by atoms with van der Waals surface area (Å²) in [7, 11) is 0. The number of nitrogens with one attached hydrogen (secondary N) is 1. The number of benzene rings is 1. The average molecular weight is 277 g/mol. The van der Waals surface area contributed by atoms with Crippen molar-refractivity contribution in [3.63, 3.8) is 0 Å². The first-order chi connectivity index (χ1) is 9.62. The molecule has 1 N–H and O–H groups in total. The lowest BCUT2D eigenvalue weighted by molar-refractivity contribution is -0.123. The SMILES string of the molecule is CC1(C)CNCC(COCC2Cc3ccccc3O2)O1. The van der Waals surface area contributed by atoms with E-state index in [1.54, 1.807) is 0 Å². The van der Waals surface area contributed by atoms with Crippen molar-refractivity contribution >= 4 is 0 Å². The molecule has 0 bridgehead atoms. The van der Waals surface area contributed by atoms with Gasteiger partial charge in [0, 0.05) is 19.5 Å². The number of morpholine rings is 1. The van der Waals surface area contributed by atoms with E-state index < -0.39 is 0 Å². The Kier molecular flexibility index (Phi) is 3.96. The van der Waals surface area contributed by atoms with Gasteiger partial charge in [0.1, 0.15) is 11.9 Å². The van der Waals surface area contributed by atoms with Gasteiger partial charge in [0.05, 0.1) is 24.9 Å². The number of hydrogen-bond acceptors (Lipinski definition) is 4. The fraction of sp³-hybridized carbons (Fsp3) is 0.625. The number of rotatable bonds is 4. The monoisotopic (exact) mass is 277 g/mol. The number of para-hydroxylation sites is 1. The molecule has 2 aliphatic heterocycles. The Morgan fingerprint density at radius 2 is 2.05 bits per heavy atom. The predicted molar refractivity (Wildman–Crippen MR) is 77.2 cm³/mol. The van der Waals surface area contributed by atoms with Gasteiger partial charge in [-0.2, -0.15) is 0 Å². The summed E-state index contributed by atoms with van der Waals surface area (Å²) in [4.78, 5) is 0. The van der Waals surface area contributed by atoms with E-state index in [4.69, 9.17) is 14.2 Å². The van der Waals surface area contributed by atoms with Crippen LogP contribution >= 0.6 is 0 Å². The Labute approximate surface area is 120 Å². The standard InChI is InChI=1S/C16H23NO3/c1-16(2)11-17-8-14(20-16)10-18-9-13-7-12-5-3-4-6-15(12)19-13/h3-6,13-14,17H,7-11H2,1-2H3. The van der Waals surface area contributed by atoms with E-state index in [0.717, 1.165) is 25.3 Å². The summed E-state index contributed by atoms with van der Waals surface area (Å²) < 4.78 is 17.6. The zero-order valence-corrected chi connectivity index (χ0v) is 12.2. The minimum atomic E-state index is -0.105. The van der Waals surface area contributed by atoms with Crippen molar-refractivity contribution in [2.45, 2.75) is 38.1 Å². The van der Waals surface area contributed by atoms with Gasteiger partial charge in [0.15, 0.2) is 0 Å². The molecule has 0 aromatic heterocycles. The fourth-order valence-electron chi connectivity index (χ4n) is 2.84. The van der Waals surface area contributed by atoms with E-state index in [1.165, 1.54) is 5.56 Å². The van der Waals surface area contributed by atoms with Crippen LogP contribution in [-0.4, -0.2) is 44.1 Å². The van der Waals surface area contributed by atoms with Crippen LogP contribution < -0.4 is 10.1 Å². The van der Waals surface area contributed by atoms with Crippen LogP contribution in [0, 0.1) is 0 Å². The number of fused-ring (bicyclic) bond motifs is 1. The minimum absolute atomic E-state index is 0.105. The zero-order valence-electron chi connectivity index (χ0n) is 12.2. The normalized spacial score (nSPS) is 27.9.